The normalized spacial score (nSPS) is 19.2. The fourth-order valence-corrected chi connectivity index (χ4v) is 3.62. The molecule has 28 heavy (non-hydrogen) atoms. The molecule has 1 aliphatic carbocycles. The van der Waals surface area contributed by atoms with Gasteiger partial charge < -0.3 is 14.6 Å². The van der Waals surface area contributed by atoms with Gasteiger partial charge in [0.2, 0.25) is 0 Å². The van der Waals surface area contributed by atoms with Crippen LogP contribution in [0, 0.1) is 11.8 Å². The van der Waals surface area contributed by atoms with Gasteiger partial charge in [-0.05, 0) is 36.3 Å². The van der Waals surface area contributed by atoms with E-state index in [1.54, 1.807) is 0 Å². The van der Waals surface area contributed by atoms with E-state index in [-0.39, 0.29) is 19.1 Å². The lowest BCUT2D eigenvalue weighted by atomic mass is 9.78. The summed E-state index contributed by atoms with van der Waals surface area (Å²) < 4.78 is 10.9. The van der Waals surface area contributed by atoms with Crippen molar-refractivity contribution in [3.8, 4) is 0 Å². The van der Waals surface area contributed by atoms with Crippen molar-refractivity contribution in [2.75, 3.05) is 0 Å². The van der Waals surface area contributed by atoms with Gasteiger partial charge in [-0.15, -0.1) is 0 Å². The Morgan fingerprint density at radius 1 is 0.857 bits per heavy atom. The molecule has 5 nitrogen and oxygen atoms in total. The third kappa shape index (κ3) is 5.67. The van der Waals surface area contributed by atoms with E-state index in [0.717, 1.165) is 17.5 Å². The molecule has 5 heteroatoms. The molecule has 0 bridgehead atoms. The van der Waals surface area contributed by atoms with Gasteiger partial charge in [-0.25, -0.2) is 0 Å². The number of ether oxygens (including phenoxy) is 2. The van der Waals surface area contributed by atoms with Gasteiger partial charge in [-0.1, -0.05) is 67.1 Å². The highest BCUT2D eigenvalue weighted by Crippen LogP contribution is 2.32. The van der Waals surface area contributed by atoms with Crippen LogP contribution in [0.25, 0.3) is 0 Å². The summed E-state index contributed by atoms with van der Waals surface area (Å²) in [6.07, 6.45) is 2.08. The Bertz CT molecular complexity index is 704. The van der Waals surface area contributed by atoms with Crippen molar-refractivity contribution in [2.24, 2.45) is 11.8 Å². The lowest BCUT2D eigenvalue weighted by molar-refractivity contribution is -0.167. The van der Waals surface area contributed by atoms with Crippen LogP contribution in [0.2, 0.25) is 0 Å². The maximum absolute atomic E-state index is 12.8. The molecule has 1 saturated carbocycles. The molecule has 1 fully saturated rings. The van der Waals surface area contributed by atoms with Gasteiger partial charge >= 0.3 is 11.9 Å². The smallest absolute Gasteiger partial charge is 0.320 e. The number of hydrogen-bond acceptors (Lipinski definition) is 5. The van der Waals surface area contributed by atoms with E-state index in [2.05, 4.69) is 0 Å². The van der Waals surface area contributed by atoms with Crippen molar-refractivity contribution in [1.29, 1.82) is 0 Å². The molecule has 0 aromatic heterocycles. The van der Waals surface area contributed by atoms with Crippen LogP contribution >= 0.6 is 0 Å². The van der Waals surface area contributed by atoms with Crippen LogP contribution in [0.3, 0.4) is 0 Å². The van der Waals surface area contributed by atoms with Crippen LogP contribution in [0.15, 0.2) is 60.7 Å². The first-order chi connectivity index (χ1) is 13.6. The van der Waals surface area contributed by atoms with Crippen LogP contribution in [-0.2, 0) is 32.3 Å². The van der Waals surface area contributed by atoms with Gasteiger partial charge in [0.15, 0.2) is 5.92 Å². The maximum Gasteiger partial charge on any atom is 0.320 e. The first-order valence-electron chi connectivity index (χ1n) is 9.72. The third-order valence-electron chi connectivity index (χ3n) is 5.11. The number of benzene rings is 2. The molecule has 0 spiro atoms. The van der Waals surface area contributed by atoms with Crippen LogP contribution < -0.4 is 0 Å². The minimum atomic E-state index is -1.01. The summed E-state index contributed by atoms with van der Waals surface area (Å²) >= 11 is 0. The van der Waals surface area contributed by atoms with Gasteiger partial charge in [0.05, 0.1) is 6.10 Å². The number of esters is 2. The van der Waals surface area contributed by atoms with Crippen molar-refractivity contribution >= 4 is 11.9 Å². The lowest BCUT2D eigenvalue weighted by Gasteiger charge is -2.30. The highest BCUT2D eigenvalue weighted by atomic mass is 16.6. The summed E-state index contributed by atoms with van der Waals surface area (Å²) in [6, 6.07) is 18.7. The van der Waals surface area contributed by atoms with Gasteiger partial charge in [0, 0.05) is 0 Å². The van der Waals surface area contributed by atoms with E-state index in [9.17, 15) is 14.7 Å². The molecule has 0 radical (unpaired) electrons. The summed E-state index contributed by atoms with van der Waals surface area (Å²) in [5, 5.41) is 10.0. The number of aliphatic hydroxyl groups is 1. The zero-order chi connectivity index (χ0) is 19.8. The molecule has 2 unspecified atom stereocenters. The second kappa shape index (κ2) is 10.0. The van der Waals surface area contributed by atoms with Gasteiger partial charge in [0.1, 0.15) is 13.2 Å². The van der Waals surface area contributed by atoms with Crippen LogP contribution in [0.1, 0.15) is 36.8 Å². The average molecular weight is 382 g/mol. The molecule has 0 saturated heterocycles. The molecular weight excluding hydrogens is 356 g/mol. The molecule has 0 aliphatic heterocycles. The number of aliphatic hydroxyl groups excluding tert-OH is 1. The van der Waals surface area contributed by atoms with E-state index in [1.165, 1.54) is 0 Å². The van der Waals surface area contributed by atoms with E-state index in [1.807, 2.05) is 60.7 Å². The summed E-state index contributed by atoms with van der Waals surface area (Å²) in [5.74, 6) is -2.44. The second-order valence-corrected chi connectivity index (χ2v) is 7.24. The van der Waals surface area contributed by atoms with Crippen molar-refractivity contribution in [3.05, 3.63) is 71.8 Å². The van der Waals surface area contributed by atoms with Crippen molar-refractivity contribution in [1.82, 2.24) is 0 Å². The Balaban J connectivity index is 1.66. The predicted molar refractivity (Wildman–Crippen MR) is 104 cm³/mol. The summed E-state index contributed by atoms with van der Waals surface area (Å²) in [5.41, 5.74) is 1.71. The lowest BCUT2D eigenvalue weighted by Crippen LogP contribution is -2.37. The van der Waals surface area contributed by atoms with Crippen LogP contribution in [-0.4, -0.2) is 23.1 Å². The summed E-state index contributed by atoms with van der Waals surface area (Å²) in [4.78, 5) is 25.5. The maximum atomic E-state index is 12.8. The van der Waals surface area contributed by atoms with Crippen LogP contribution in [0.4, 0.5) is 0 Å². The molecular formula is C23H26O5. The molecule has 2 aromatic carbocycles. The molecule has 3 rings (SSSR count). The second-order valence-electron chi connectivity index (χ2n) is 7.24. The SMILES string of the molecule is O=C(OCc1ccccc1)C(C(=O)OCc1ccccc1)C1CCCC(O)C1. The van der Waals surface area contributed by atoms with Crippen molar-refractivity contribution in [3.63, 3.8) is 0 Å². The topological polar surface area (TPSA) is 72.8 Å². The van der Waals surface area contributed by atoms with E-state index in [4.69, 9.17) is 9.47 Å². The predicted octanol–water partition coefficient (Wildman–Crippen LogP) is 3.64. The first-order valence-corrected chi connectivity index (χ1v) is 9.72. The minimum absolute atomic E-state index is 0.109. The van der Waals surface area contributed by atoms with E-state index < -0.39 is 24.0 Å². The fraction of sp³-hybridized carbons (Fsp3) is 0.391. The zero-order valence-corrected chi connectivity index (χ0v) is 15.8. The van der Waals surface area contributed by atoms with Gasteiger partial charge in [-0.3, -0.25) is 9.59 Å². The Labute approximate surface area is 165 Å². The molecule has 1 N–H and O–H groups in total. The molecule has 2 aromatic rings. The highest BCUT2D eigenvalue weighted by molar-refractivity contribution is 5.95. The number of hydrogen-bond donors (Lipinski definition) is 1. The third-order valence-corrected chi connectivity index (χ3v) is 5.11. The monoisotopic (exact) mass is 382 g/mol. The first kappa shape index (κ1) is 20.1. The average Bonchev–Trinajstić information content (AvgIpc) is 2.72. The molecule has 1 aliphatic rings. The molecule has 148 valence electrons. The Morgan fingerprint density at radius 2 is 1.36 bits per heavy atom. The number of rotatable bonds is 7. The van der Waals surface area contributed by atoms with Gasteiger partial charge in [0.25, 0.3) is 0 Å². The summed E-state index contributed by atoms with van der Waals surface area (Å²) in [7, 11) is 0. The highest BCUT2D eigenvalue weighted by Gasteiger charge is 2.39. The number of carbonyl (C=O) groups is 2. The number of carbonyl (C=O) groups excluding carboxylic acids is 2. The van der Waals surface area contributed by atoms with Crippen molar-refractivity contribution < 1.29 is 24.2 Å². The molecule has 0 amide bonds. The quantitative estimate of drug-likeness (QED) is 0.585. The largest absolute Gasteiger partial charge is 0.460 e. The fourth-order valence-electron chi connectivity index (χ4n) is 3.62. The Morgan fingerprint density at radius 3 is 1.82 bits per heavy atom. The van der Waals surface area contributed by atoms with Gasteiger partial charge in [-0.2, -0.15) is 0 Å². The van der Waals surface area contributed by atoms with Crippen LogP contribution in [0.5, 0.6) is 0 Å². The Hall–Kier alpha value is -2.66. The summed E-state index contributed by atoms with van der Waals surface area (Å²) in [6.45, 7) is 0.217. The van der Waals surface area contributed by atoms with E-state index >= 15 is 0 Å². The standard InChI is InChI=1S/C23H26O5/c24-20-13-7-12-19(14-20)21(22(25)27-15-17-8-3-1-4-9-17)23(26)28-16-18-10-5-2-6-11-18/h1-6,8-11,19-21,24H,7,12-16H2. The molecule has 2 atom stereocenters. The Kier molecular flexibility index (Phi) is 7.20. The minimum Gasteiger partial charge on any atom is -0.460 e. The molecule has 0 heterocycles. The van der Waals surface area contributed by atoms with Crippen molar-refractivity contribution in [2.45, 2.75) is 45.0 Å². The van der Waals surface area contributed by atoms with E-state index in [0.29, 0.717) is 19.3 Å². The zero-order valence-electron chi connectivity index (χ0n) is 15.8.